The minimum absolute atomic E-state index is 0. The van der Waals surface area contributed by atoms with E-state index in [2.05, 4.69) is 13.8 Å². The Morgan fingerprint density at radius 1 is 1.40 bits per heavy atom. The van der Waals surface area contributed by atoms with Gasteiger partial charge in [-0.05, 0) is 0 Å². The van der Waals surface area contributed by atoms with Crippen LogP contribution in [0, 0.1) is 6.92 Å². The molecule has 58 valence electrons. The van der Waals surface area contributed by atoms with Gasteiger partial charge in [0.15, 0.2) is 0 Å². The average molecular weight is 178 g/mol. The fourth-order valence-electron chi connectivity index (χ4n) is 0. The predicted octanol–water partition coefficient (Wildman–Crippen LogP) is -2.03. The Labute approximate surface area is 83.9 Å². The molecule has 0 aliphatic rings. The Morgan fingerprint density at radius 3 is 1.50 bits per heavy atom. The normalized spacial score (nSPS) is 8.80. The van der Waals surface area contributed by atoms with Crippen LogP contribution < -0.4 is 29.6 Å². The van der Waals surface area contributed by atoms with Gasteiger partial charge in [-0.15, -0.1) is 0 Å². The van der Waals surface area contributed by atoms with Crippen LogP contribution >= 0.6 is 0 Å². The third kappa shape index (κ3) is 157. The fourth-order valence-corrected chi connectivity index (χ4v) is 0. The Hall–Kier alpha value is 0.870. The molecule has 0 bridgehead atoms. The maximum Gasteiger partial charge on any atom is 1.00 e. The molecule has 0 aromatic heterocycles. The largest absolute Gasteiger partial charge is 1.00 e. The van der Waals surface area contributed by atoms with Crippen molar-refractivity contribution in [2.75, 3.05) is 0 Å². The molecule has 0 saturated carbocycles. The summed E-state index contributed by atoms with van der Waals surface area (Å²) in [5.74, 6) is 0. The van der Waals surface area contributed by atoms with E-state index < -0.39 is 10.4 Å². The third-order valence-corrected chi connectivity index (χ3v) is 0.354. The van der Waals surface area contributed by atoms with Crippen LogP contribution in [-0.2, 0) is 10.4 Å². The molecule has 0 amide bonds. The van der Waals surface area contributed by atoms with Crippen molar-refractivity contribution in [3.63, 3.8) is 0 Å². The molecule has 0 heterocycles. The molecule has 0 spiro atoms. The summed E-state index contributed by atoms with van der Waals surface area (Å²) in [7, 11) is -4.67. The van der Waals surface area contributed by atoms with Gasteiger partial charge in [-0.25, -0.2) is 0 Å². The summed E-state index contributed by atoms with van der Waals surface area (Å²) in [6, 6.07) is 0. The van der Waals surface area contributed by atoms with Crippen molar-refractivity contribution in [3.8, 4) is 0 Å². The molecule has 0 aromatic rings. The van der Waals surface area contributed by atoms with Crippen LogP contribution in [0.5, 0.6) is 0 Å². The first kappa shape index (κ1) is 17.1. The quantitative estimate of drug-likeness (QED) is 0.276. The van der Waals surface area contributed by atoms with Crippen LogP contribution in [0.1, 0.15) is 19.8 Å². The molecule has 0 aliphatic heterocycles. The molecule has 6 heteroatoms. The first-order chi connectivity index (χ1) is 3.91. The molecule has 10 heavy (non-hydrogen) atoms. The molecule has 0 saturated heterocycles. The molecule has 0 atom stereocenters. The number of unbranched alkanes of at least 4 members (excludes halogenated alkanes) is 1. The van der Waals surface area contributed by atoms with Gasteiger partial charge in [0, 0.05) is 0 Å². The second-order valence-corrected chi connectivity index (χ2v) is 2.20. The van der Waals surface area contributed by atoms with Crippen LogP contribution in [0.4, 0.5) is 0 Å². The zero-order valence-corrected chi connectivity index (χ0v) is 9.06. The van der Waals surface area contributed by atoms with Crippen LogP contribution in [0.15, 0.2) is 0 Å². The first-order valence-electron chi connectivity index (χ1n) is 2.41. The van der Waals surface area contributed by atoms with Gasteiger partial charge < -0.3 is 6.92 Å². The van der Waals surface area contributed by atoms with E-state index in [4.69, 9.17) is 17.5 Å². The summed E-state index contributed by atoms with van der Waals surface area (Å²) in [4.78, 5) is 0. The van der Waals surface area contributed by atoms with Crippen molar-refractivity contribution in [3.05, 3.63) is 6.92 Å². The molecule has 0 rings (SSSR count). The van der Waals surface area contributed by atoms with Gasteiger partial charge in [-0.1, -0.05) is 13.3 Å². The molecular weight excluding hydrogens is 167 g/mol. The first-order valence-corrected chi connectivity index (χ1v) is 3.80. The Bertz CT molecular complexity index is 120. The monoisotopic (exact) mass is 178 g/mol. The second-order valence-electron chi connectivity index (χ2n) is 1.30. The van der Waals surface area contributed by atoms with E-state index in [0.29, 0.717) is 0 Å². The van der Waals surface area contributed by atoms with E-state index in [1.807, 2.05) is 0 Å². The Balaban J connectivity index is -0.0000000910. The summed E-state index contributed by atoms with van der Waals surface area (Å²) >= 11 is 0. The van der Waals surface area contributed by atoms with Gasteiger partial charge in [-0.2, -0.15) is 14.8 Å². The maximum absolute atomic E-state index is 8.74. The van der Waals surface area contributed by atoms with Gasteiger partial charge in [0.05, 0.1) is 0 Å². The van der Waals surface area contributed by atoms with E-state index in [1.165, 1.54) is 6.42 Å². The molecule has 4 nitrogen and oxygen atoms in total. The summed E-state index contributed by atoms with van der Waals surface area (Å²) in [5, 5.41) is 0. The summed E-state index contributed by atoms with van der Waals surface area (Å²) in [6.07, 6.45) is 2.28. The number of rotatable bonds is 1. The van der Waals surface area contributed by atoms with Crippen molar-refractivity contribution < 1.29 is 47.1 Å². The van der Waals surface area contributed by atoms with Crippen molar-refractivity contribution in [1.82, 2.24) is 0 Å². The zero-order valence-electron chi connectivity index (χ0n) is 6.24. The molecular formula is C4H11NaO4S. The van der Waals surface area contributed by atoms with Gasteiger partial charge >= 0.3 is 40.0 Å². The van der Waals surface area contributed by atoms with E-state index in [-0.39, 0.29) is 29.6 Å². The third-order valence-electron chi connectivity index (χ3n) is 0.354. The number of hydrogen-bond acceptors (Lipinski definition) is 2. The molecule has 0 aliphatic carbocycles. The van der Waals surface area contributed by atoms with Crippen LogP contribution in [0.3, 0.4) is 0 Å². The van der Waals surface area contributed by atoms with E-state index in [9.17, 15) is 0 Å². The standard InChI is InChI=1S/C4H9.Na.H2O4S/c1-3-4-2;;1-5(2,3)4/h1,3-4H2,2H3;;(H2,1,2,3,4)/q-1;+1;. The van der Waals surface area contributed by atoms with Crippen molar-refractivity contribution in [1.29, 1.82) is 0 Å². The fraction of sp³-hybridized carbons (Fsp3) is 0.750. The van der Waals surface area contributed by atoms with Gasteiger partial charge in [0.1, 0.15) is 0 Å². The van der Waals surface area contributed by atoms with Gasteiger partial charge in [0.2, 0.25) is 0 Å². The smallest absolute Gasteiger partial charge is 0.343 e. The van der Waals surface area contributed by atoms with Gasteiger partial charge in [0.25, 0.3) is 0 Å². The maximum atomic E-state index is 8.74. The van der Waals surface area contributed by atoms with E-state index in [0.717, 1.165) is 6.42 Å². The molecule has 0 radical (unpaired) electrons. The summed E-state index contributed by atoms with van der Waals surface area (Å²) in [6.45, 7) is 5.72. The molecule has 2 N–H and O–H groups in total. The SMILES string of the molecule is O=S(=O)(O)O.[CH2-]CCC.[Na+]. The minimum Gasteiger partial charge on any atom is -0.343 e. The van der Waals surface area contributed by atoms with Crippen molar-refractivity contribution in [2.45, 2.75) is 19.8 Å². The van der Waals surface area contributed by atoms with Crippen molar-refractivity contribution >= 4 is 10.4 Å². The predicted molar refractivity (Wildman–Crippen MR) is 34.4 cm³/mol. The van der Waals surface area contributed by atoms with E-state index in [1.54, 1.807) is 0 Å². The van der Waals surface area contributed by atoms with Crippen LogP contribution in [0.25, 0.3) is 0 Å². The van der Waals surface area contributed by atoms with Gasteiger partial charge in [-0.3, -0.25) is 9.11 Å². The molecule has 0 aromatic carbocycles. The van der Waals surface area contributed by atoms with Crippen molar-refractivity contribution in [2.24, 2.45) is 0 Å². The zero-order chi connectivity index (χ0) is 7.91. The van der Waals surface area contributed by atoms with E-state index >= 15 is 0 Å². The minimum atomic E-state index is -4.67. The Kier molecular flexibility index (Phi) is 16.9. The average Bonchev–Trinajstić information content (AvgIpc) is 1.61. The topological polar surface area (TPSA) is 74.6 Å². The summed E-state index contributed by atoms with van der Waals surface area (Å²) < 4.78 is 31.6. The second kappa shape index (κ2) is 9.87. The van der Waals surface area contributed by atoms with Crippen LogP contribution in [-0.4, -0.2) is 17.5 Å². The molecule has 0 fully saturated rings. The molecule has 0 unspecified atom stereocenters. The summed E-state index contributed by atoms with van der Waals surface area (Å²) in [5.41, 5.74) is 0. The number of hydrogen-bond donors (Lipinski definition) is 2. The van der Waals surface area contributed by atoms with Crippen LogP contribution in [0.2, 0.25) is 0 Å². The Morgan fingerprint density at radius 2 is 1.50 bits per heavy atom.